The summed E-state index contributed by atoms with van der Waals surface area (Å²) >= 11 is 0. The van der Waals surface area contributed by atoms with Gasteiger partial charge in [-0.1, -0.05) is 43.4 Å². The van der Waals surface area contributed by atoms with Crippen LogP contribution in [-0.4, -0.2) is 12.6 Å². The van der Waals surface area contributed by atoms with Crippen LogP contribution in [0.4, 0.5) is 0 Å². The number of hydrogen-bond acceptors (Lipinski definition) is 2. The molecule has 0 saturated heterocycles. The normalized spacial score (nSPS) is 9.58. The Morgan fingerprint density at radius 2 is 2.05 bits per heavy atom. The van der Waals surface area contributed by atoms with Gasteiger partial charge in [-0.2, -0.15) is 0 Å². The molecule has 0 fully saturated rings. The lowest BCUT2D eigenvalue weighted by Crippen LogP contribution is -2.05. The van der Waals surface area contributed by atoms with E-state index in [0.717, 1.165) is 24.0 Å². The highest BCUT2D eigenvalue weighted by molar-refractivity contribution is 5.69. The minimum Gasteiger partial charge on any atom is -0.466 e. The Hall–Kier alpha value is -1.75. The summed E-state index contributed by atoms with van der Waals surface area (Å²) in [7, 11) is 0. The average molecular weight is 258 g/mol. The van der Waals surface area contributed by atoms with Crippen LogP contribution in [0.5, 0.6) is 0 Å². The van der Waals surface area contributed by atoms with E-state index in [1.165, 1.54) is 6.42 Å². The molecule has 0 aliphatic carbocycles. The van der Waals surface area contributed by atoms with Gasteiger partial charge in [0.1, 0.15) is 0 Å². The van der Waals surface area contributed by atoms with Crippen molar-refractivity contribution in [1.82, 2.24) is 0 Å². The summed E-state index contributed by atoms with van der Waals surface area (Å²) in [6.07, 6.45) is 4.35. The molecule has 0 N–H and O–H groups in total. The van der Waals surface area contributed by atoms with Gasteiger partial charge in [-0.15, -0.1) is 0 Å². The van der Waals surface area contributed by atoms with Crippen LogP contribution in [0.1, 0.15) is 50.7 Å². The molecule has 1 rings (SSSR count). The van der Waals surface area contributed by atoms with E-state index in [1.54, 1.807) is 0 Å². The highest BCUT2D eigenvalue weighted by Gasteiger charge is 2.04. The van der Waals surface area contributed by atoms with E-state index in [2.05, 4.69) is 18.8 Å². The molecule has 1 aromatic carbocycles. The zero-order valence-corrected chi connectivity index (χ0v) is 11.9. The van der Waals surface area contributed by atoms with Gasteiger partial charge in [0.2, 0.25) is 0 Å². The Bertz CT molecular complexity index is 452. The second kappa shape index (κ2) is 9.22. The summed E-state index contributed by atoms with van der Waals surface area (Å²) < 4.78 is 4.94. The lowest BCUT2D eigenvalue weighted by Gasteiger charge is -2.04. The summed E-state index contributed by atoms with van der Waals surface area (Å²) in [5, 5.41) is 0. The van der Waals surface area contributed by atoms with Crippen LogP contribution in [0, 0.1) is 11.8 Å². The van der Waals surface area contributed by atoms with Gasteiger partial charge >= 0.3 is 5.97 Å². The predicted octanol–water partition coefficient (Wildman–Crippen LogP) is 3.72. The SMILES string of the molecule is CCCCC#Cc1ccccc1CCC(=O)OCC. The van der Waals surface area contributed by atoms with Crippen molar-refractivity contribution in [1.29, 1.82) is 0 Å². The fraction of sp³-hybridized carbons (Fsp3) is 0.471. The summed E-state index contributed by atoms with van der Waals surface area (Å²) in [5.74, 6) is 6.25. The Morgan fingerprint density at radius 3 is 2.79 bits per heavy atom. The van der Waals surface area contributed by atoms with Crippen LogP contribution >= 0.6 is 0 Å². The fourth-order valence-corrected chi connectivity index (χ4v) is 1.75. The molecule has 0 unspecified atom stereocenters. The van der Waals surface area contributed by atoms with Crippen molar-refractivity contribution in [3.63, 3.8) is 0 Å². The largest absolute Gasteiger partial charge is 0.466 e. The average Bonchev–Trinajstić information content (AvgIpc) is 2.43. The quantitative estimate of drug-likeness (QED) is 0.441. The molecule has 0 saturated carbocycles. The first kappa shape index (κ1) is 15.3. The lowest BCUT2D eigenvalue weighted by atomic mass is 10.0. The van der Waals surface area contributed by atoms with Crippen LogP contribution in [0.15, 0.2) is 24.3 Å². The maximum atomic E-state index is 11.4. The molecule has 0 amide bonds. The van der Waals surface area contributed by atoms with Crippen LogP contribution in [0.2, 0.25) is 0 Å². The number of esters is 1. The third-order valence-corrected chi connectivity index (χ3v) is 2.80. The smallest absolute Gasteiger partial charge is 0.306 e. The third kappa shape index (κ3) is 6.10. The van der Waals surface area contributed by atoms with Crippen LogP contribution in [0.3, 0.4) is 0 Å². The molecule has 2 nitrogen and oxygen atoms in total. The van der Waals surface area contributed by atoms with Crippen molar-refractivity contribution in [2.75, 3.05) is 6.61 Å². The minimum absolute atomic E-state index is 0.142. The molecule has 0 heterocycles. The van der Waals surface area contributed by atoms with E-state index in [0.29, 0.717) is 19.4 Å². The summed E-state index contributed by atoms with van der Waals surface area (Å²) in [6, 6.07) is 8.01. The molecule has 1 aromatic rings. The topological polar surface area (TPSA) is 26.3 Å². The van der Waals surface area contributed by atoms with Crippen LogP contribution in [0.25, 0.3) is 0 Å². The van der Waals surface area contributed by atoms with E-state index in [9.17, 15) is 4.79 Å². The molecule has 0 aliphatic rings. The Morgan fingerprint density at radius 1 is 1.26 bits per heavy atom. The molecule has 0 bridgehead atoms. The monoisotopic (exact) mass is 258 g/mol. The second-order valence-electron chi connectivity index (χ2n) is 4.37. The molecule has 0 aliphatic heterocycles. The Balaban J connectivity index is 2.61. The number of carbonyl (C=O) groups is 1. The van der Waals surface area contributed by atoms with Gasteiger partial charge in [-0.25, -0.2) is 0 Å². The van der Waals surface area contributed by atoms with Gasteiger partial charge in [-0.05, 0) is 31.4 Å². The number of aryl methyl sites for hydroxylation is 1. The standard InChI is InChI=1S/C17H22O2/c1-3-5-6-7-10-15-11-8-9-12-16(15)13-14-17(18)19-4-2/h8-9,11-12H,3-6,13-14H2,1-2H3. The van der Waals surface area contributed by atoms with Gasteiger partial charge in [0.05, 0.1) is 6.61 Å². The molecule has 2 heteroatoms. The summed E-state index contributed by atoms with van der Waals surface area (Å²) in [4.78, 5) is 11.4. The summed E-state index contributed by atoms with van der Waals surface area (Å²) in [6.45, 7) is 4.43. The number of unbranched alkanes of at least 4 members (excludes halogenated alkanes) is 2. The molecular weight excluding hydrogens is 236 g/mol. The van der Waals surface area contributed by atoms with Gasteiger partial charge in [0, 0.05) is 18.4 Å². The number of hydrogen-bond donors (Lipinski definition) is 0. The highest BCUT2D eigenvalue weighted by Crippen LogP contribution is 2.10. The van der Waals surface area contributed by atoms with E-state index < -0.39 is 0 Å². The second-order valence-corrected chi connectivity index (χ2v) is 4.37. The molecule has 0 aromatic heterocycles. The zero-order valence-electron chi connectivity index (χ0n) is 11.9. The molecule has 0 spiro atoms. The molecule has 102 valence electrons. The fourth-order valence-electron chi connectivity index (χ4n) is 1.75. The van der Waals surface area contributed by atoms with Crippen molar-refractivity contribution in [3.8, 4) is 11.8 Å². The van der Waals surface area contributed by atoms with Gasteiger partial charge in [-0.3, -0.25) is 4.79 Å². The van der Waals surface area contributed by atoms with Crippen molar-refractivity contribution >= 4 is 5.97 Å². The van der Waals surface area contributed by atoms with Crippen LogP contribution < -0.4 is 0 Å². The lowest BCUT2D eigenvalue weighted by molar-refractivity contribution is -0.143. The predicted molar refractivity (Wildman–Crippen MR) is 77.8 cm³/mol. The maximum Gasteiger partial charge on any atom is 0.306 e. The summed E-state index contributed by atoms with van der Waals surface area (Å²) in [5.41, 5.74) is 2.16. The molecule has 0 radical (unpaired) electrons. The van der Waals surface area contributed by atoms with Crippen molar-refractivity contribution in [2.24, 2.45) is 0 Å². The molecule has 19 heavy (non-hydrogen) atoms. The third-order valence-electron chi connectivity index (χ3n) is 2.80. The van der Waals surface area contributed by atoms with E-state index in [4.69, 9.17) is 4.74 Å². The van der Waals surface area contributed by atoms with Gasteiger partial charge in [0.15, 0.2) is 0 Å². The van der Waals surface area contributed by atoms with E-state index >= 15 is 0 Å². The highest BCUT2D eigenvalue weighted by atomic mass is 16.5. The van der Waals surface area contributed by atoms with Gasteiger partial charge in [0.25, 0.3) is 0 Å². The molecular formula is C17H22O2. The first-order valence-electron chi connectivity index (χ1n) is 7.00. The zero-order chi connectivity index (χ0) is 13.9. The van der Waals surface area contributed by atoms with Gasteiger partial charge < -0.3 is 4.74 Å². The molecule has 0 atom stereocenters. The number of ether oxygens (including phenoxy) is 1. The maximum absolute atomic E-state index is 11.4. The van der Waals surface area contributed by atoms with Crippen molar-refractivity contribution < 1.29 is 9.53 Å². The Labute approximate surface area is 116 Å². The van der Waals surface area contributed by atoms with Crippen LogP contribution in [-0.2, 0) is 16.0 Å². The first-order valence-corrected chi connectivity index (χ1v) is 7.00. The van der Waals surface area contributed by atoms with Crippen molar-refractivity contribution in [3.05, 3.63) is 35.4 Å². The number of benzene rings is 1. The number of rotatable bonds is 6. The minimum atomic E-state index is -0.142. The Kier molecular flexibility index (Phi) is 7.43. The number of carbonyl (C=O) groups excluding carboxylic acids is 1. The van der Waals surface area contributed by atoms with E-state index in [1.807, 2.05) is 31.2 Å². The van der Waals surface area contributed by atoms with E-state index in [-0.39, 0.29) is 5.97 Å². The first-order chi connectivity index (χ1) is 9.27. The van der Waals surface area contributed by atoms with Crippen molar-refractivity contribution in [2.45, 2.75) is 46.0 Å².